The van der Waals surface area contributed by atoms with Crippen molar-refractivity contribution in [3.8, 4) is 5.75 Å². The van der Waals surface area contributed by atoms with Crippen molar-refractivity contribution in [3.63, 3.8) is 0 Å². The zero-order chi connectivity index (χ0) is 21.0. The third-order valence-corrected chi connectivity index (χ3v) is 6.78. The fraction of sp³-hybridized carbons (Fsp3) is 0.409. The average molecular weight is 417 g/mol. The summed E-state index contributed by atoms with van der Waals surface area (Å²) in [4.78, 5) is 14.8. The normalized spacial score (nSPS) is 17.1. The van der Waals surface area contributed by atoms with Gasteiger partial charge in [-0.2, -0.15) is 0 Å². The second kappa shape index (κ2) is 8.86. The summed E-state index contributed by atoms with van der Waals surface area (Å²) >= 11 is 0. The third-order valence-electron chi connectivity index (χ3n) is 5.38. The first kappa shape index (κ1) is 21.2. The predicted molar refractivity (Wildman–Crippen MR) is 114 cm³/mol. The number of carbonyl (C=O) groups excluding carboxylic acids is 1. The van der Waals surface area contributed by atoms with Crippen molar-refractivity contribution in [2.75, 3.05) is 18.4 Å². The summed E-state index contributed by atoms with van der Waals surface area (Å²) in [6.07, 6.45) is 3.91. The molecule has 0 aliphatic carbocycles. The van der Waals surface area contributed by atoms with Crippen molar-refractivity contribution in [1.82, 2.24) is 4.90 Å². The van der Waals surface area contributed by atoms with Crippen molar-refractivity contribution >= 4 is 21.6 Å². The molecule has 1 unspecified atom stereocenters. The molecule has 1 fully saturated rings. The van der Waals surface area contributed by atoms with Gasteiger partial charge < -0.3 is 9.64 Å². The molecule has 6 nitrogen and oxygen atoms in total. The molecule has 0 aromatic heterocycles. The number of ether oxygens (including phenoxy) is 1. The number of carbonyl (C=O) groups is 1. The van der Waals surface area contributed by atoms with E-state index in [-0.39, 0.29) is 22.6 Å². The van der Waals surface area contributed by atoms with E-state index < -0.39 is 10.0 Å². The van der Waals surface area contributed by atoms with Crippen molar-refractivity contribution in [2.24, 2.45) is 0 Å². The zero-order valence-electron chi connectivity index (χ0n) is 17.1. The van der Waals surface area contributed by atoms with Crippen molar-refractivity contribution < 1.29 is 17.9 Å². The second-order valence-corrected chi connectivity index (χ2v) is 9.02. The lowest BCUT2D eigenvalue weighted by Crippen LogP contribution is -2.42. The Morgan fingerprint density at radius 2 is 1.90 bits per heavy atom. The van der Waals surface area contributed by atoms with Crippen LogP contribution in [0.25, 0.3) is 0 Å². The molecule has 1 saturated heterocycles. The van der Waals surface area contributed by atoms with Crippen molar-refractivity contribution in [2.45, 2.75) is 50.5 Å². The zero-order valence-corrected chi connectivity index (χ0v) is 18.0. The first-order valence-corrected chi connectivity index (χ1v) is 11.4. The van der Waals surface area contributed by atoms with E-state index in [1.54, 1.807) is 18.2 Å². The Hall–Kier alpha value is -2.54. The maximum atomic E-state index is 13.0. The number of sulfonamides is 1. The summed E-state index contributed by atoms with van der Waals surface area (Å²) < 4.78 is 33.9. The molecule has 1 amide bonds. The average Bonchev–Trinajstić information content (AvgIpc) is 2.73. The molecular weight excluding hydrogens is 388 g/mol. The van der Waals surface area contributed by atoms with E-state index >= 15 is 0 Å². The van der Waals surface area contributed by atoms with Crippen LogP contribution in [-0.2, 0) is 16.4 Å². The third kappa shape index (κ3) is 4.72. The highest BCUT2D eigenvalue weighted by Crippen LogP contribution is 2.29. The smallest absolute Gasteiger partial charge is 0.265 e. The number of rotatable bonds is 6. The molecule has 2 aromatic rings. The van der Waals surface area contributed by atoms with E-state index in [2.05, 4.69) is 4.72 Å². The highest BCUT2D eigenvalue weighted by atomic mass is 32.2. The van der Waals surface area contributed by atoms with Crippen molar-refractivity contribution in [1.29, 1.82) is 0 Å². The number of nitrogens with zero attached hydrogens (tertiary/aromatic N) is 1. The van der Waals surface area contributed by atoms with E-state index in [9.17, 15) is 13.2 Å². The number of methoxy groups -OCH3 is 1. The van der Waals surface area contributed by atoms with Gasteiger partial charge >= 0.3 is 0 Å². The first-order valence-electron chi connectivity index (χ1n) is 9.96. The van der Waals surface area contributed by atoms with Crippen molar-refractivity contribution in [3.05, 3.63) is 53.6 Å². The molecular formula is C22H28N2O4S. The molecule has 1 aliphatic heterocycles. The minimum atomic E-state index is -3.92. The Morgan fingerprint density at radius 1 is 1.17 bits per heavy atom. The summed E-state index contributed by atoms with van der Waals surface area (Å²) in [6, 6.07) is 11.9. The van der Waals surface area contributed by atoms with Crippen LogP contribution in [0.5, 0.6) is 5.75 Å². The fourth-order valence-electron chi connectivity index (χ4n) is 3.60. The Bertz CT molecular complexity index is 971. The van der Waals surface area contributed by atoms with Gasteiger partial charge in [-0.15, -0.1) is 0 Å². The molecule has 1 heterocycles. The van der Waals surface area contributed by atoms with Crippen LogP contribution < -0.4 is 9.46 Å². The Labute approximate surface area is 172 Å². The maximum Gasteiger partial charge on any atom is 0.265 e. The van der Waals surface area contributed by atoms with Gasteiger partial charge in [-0.1, -0.05) is 19.1 Å². The molecule has 156 valence electrons. The Kier molecular flexibility index (Phi) is 6.47. The quantitative estimate of drug-likeness (QED) is 0.770. The minimum absolute atomic E-state index is 0.0462. The molecule has 0 bridgehead atoms. The Morgan fingerprint density at radius 3 is 2.52 bits per heavy atom. The predicted octanol–water partition coefficient (Wildman–Crippen LogP) is 4.07. The lowest BCUT2D eigenvalue weighted by atomic mass is 10.0. The second-order valence-electron chi connectivity index (χ2n) is 7.36. The minimum Gasteiger partial charge on any atom is -0.495 e. The number of hydrogen-bond donors (Lipinski definition) is 1. The van der Waals surface area contributed by atoms with Gasteiger partial charge in [-0.3, -0.25) is 9.52 Å². The lowest BCUT2D eigenvalue weighted by molar-refractivity contribution is 0.0635. The van der Waals surface area contributed by atoms with E-state index in [0.717, 1.165) is 31.2 Å². The van der Waals surface area contributed by atoms with E-state index in [1.807, 2.05) is 30.9 Å². The summed E-state index contributed by atoms with van der Waals surface area (Å²) in [5.74, 6) is 0.0505. The molecule has 0 radical (unpaired) electrons. The number of anilines is 1. The van der Waals surface area contributed by atoms with E-state index in [4.69, 9.17) is 4.74 Å². The highest BCUT2D eigenvalue weighted by Gasteiger charge is 2.27. The van der Waals surface area contributed by atoms with Crippen LogP contribution in [-0.4, -0.2) is 38.9 Å². The van der Waals surface area contributed by atoms with Crippen LogP contribution in [0.2, 0.25) is 0 Å². The van der Waals surface area contributed by atoms with Crippen LogP contribution in [0.3, 0.4) is 0 Å². The van der Waals surface area contributed by atoms with Crippen LogP contribution in [0, 0.1) is 0 Å². The van der Waals surface area contributed by atoms with Gasteiger partial charge in [0.05, 0.1) is 7.11 Å². The molecule has 29 heavy (non-hydrogen) atoms. The molecule has 0 spiro atoms. The van der Waals surface area contributed by atoms with Crippen LogP contribution in [0.4, 0.5) is 5.69 Å². The lowest BCUT2D eigenvalue weighted by Gasteiger charge is -2.33. The summed E-state index contributed by atoms with van der Waals surface area (Å²) in [6.45, 7) is 4.76. The molecule has 1 N–H and O–H groups in total. The van der Waals surface area contributed by atoms with Gasteiger partial charge in [0.25, 0.3) is 15.9 Å². The maximum absolute atomic E-state index is 13.0. The van der Waals surface area contributed by atoms with Gasteiger partial charge in [0, 0.05) is 23.8 Å². The van der Waals surface area contributed by atoms with Gasteiger partial charge in [0.1, 0.15) is 10.6 Å². The largest absolute Gasteiger partial charge is 0.495 e. The van der Waals surface area contributed by atoms with Gasteiger partial charge in [-0.05, 0) is 68.5 Å². The van der Waals surface area contributed by atoms with Gasteiger partial charge in [0.2, 0.25) is 0 Å². The van der Waals surface area contributed by atoms with Gasteiger partial charge in [-0.25, -0.2) is 8.42 Å². The van der Waals surface area contributed by atoms with Gasteiger partial charge in [0.15, 0.2) is 0 Å². The number of aryl methyl sites for hydroxylation is 1. The highest BCUT2D eigenvalue weighted by molar-refractivity contribution is 7.92. The number of amides is 1. The topological polar surface area (TPSA) is 75.7 Å². The summed E-state index contributed by atoms with van der Waals surface area (Å²) in [5, 5.41) is 0. The SMILES string of the molecule is CCc1ccc(NS(=O)(=O)c2cc(C(=O)N3CCCCC3C)ccc2OC)cc1. The number of hydrogen-bond acceptors (Lipinski definition) is 4. The number of nitrogens with one attached hydrogen (secondary N) is 1. The Balaban J connectivity index is 1.92. The van der Waals surface area contributed by atoms with Crippen LogP contribution in [0.15, 0.2) is 47.4 Å². The molecule has 2 aromatic carbocycles. The standard InChI is InChI=1S/C22H28N2O4S/c1-4-17-8-11-19(12-9-17)23-29(26,27)21-15-18(10-13-20(21)28-3)22(25)24-14-6-5-7-16(24)2/h8-13,15-16,23H,4-7,14H2,1-3H3. The molecule has 3 rings (SSSR count). The van der Waals surface area contributed by atoms with Crippen LogP contribution in [0.1, 0.15) is 49.0 Å². The monoisotopic (exact) mass is 416 g/mol. The molecule has 0 saturated carbocycles. The first-order chi connectivity index (χ1) is 13.9. The fourth-order valence-corrected chi connectivity index (χ4v) is 4.86. The summed E-state index contributed by atoms with van der Waals surface area (Å²) in [5.41, 5.74) is 1.93. The molecule has 1 aliphatic rings. The van der Waals surface area contributed by atoms with E-state index in [1.165, 1.54) is 19.2 Å². The van der Waals surface area contributed by atoms with Crippen LogP contribution >= 0.6 is 0 Å². The molecule has 1 atom stereocenters. The number of likely N-dealkylation sites (tertiary alicyclic amines) is 1. The van der Waals surface area contributed by atoms with E-state index in [0.29, 0.717) is 17.8 Å². The number of piperidine rings is 1. The summed E-state index contributed by atoms with van der Waals surface area (Å²) in [7, 11) is -2.51. The molecule has 7 heteroatoms. The number of benzene rings is 2.